The van der Waals surface area contributed by atoms with Gasteiger partial charge in [0.05, 0.1) is 16.3 Å². The number of rotatable bonds is 2. The molecule has 0 amide bonds. The number of nitro groups is 2. The fraction of sp³-hybridized carbons (Fsp3) is 0.167. The molecule has 1 radical (unpaired) electrons. The molecule has 0 spiro atoms. The first-order chi connectivity index (χ1) is 6.04. The summed E-state index contributed by atoms with van der Waals surface area (Å²) in [6, 6.07) is 0. The molecule has 0 heterocycles. The molecule has 0 saturated heterocycles. The highest BCUT2D eigenvalue weighted by atomic mass is 19.1. The van der Waals surface area contributed by atoms with Gasteiger partial charge < -0.3 is 0 Å². The summed E-state index contributed by atoms with van der Waals surface area (Å²) in [5, 5.41) is 20.3. The molecule has 1 aliphatic carbocycles. The molecule has 0 atom stereocenters. The number of hydrogen-bond acceptors (Lipinski definition) is 4. The molecule has 0 aromatic heterocycles. The van der Waals surface area contributed by atoms with Gasteiger partial charge in [-0.1, -0.05) is 0 Å². The molecule has 0 aromatic carbocycles. The lowest BCUT2D eigenvalue weighted by Gasteiger charge is -2.03. The minimum atomic E-state index is -1.39. The van der Waals surface area contributed by atoms with E-state index in [1.54, 1.807) is 0 Å². The van der Waals surface area contributed by atoms with Crippen molar-refractivity contribution in [3.63, 3.8) is 0 Å². The quantitative estimate of drug-likeness (QED) is 0.480. The Labute approximate surface area is 71.7 Å². The first kappa shape index (κ1) is 9.30. The van der Waals surface area contributed by atoms with Crippen molar-refractivity contribution in [1.82, 2.24) is 0 Å². The van der Waals surface area contributed by atoms with Crippen LogP contribution in [0.5, 0.6) is 0 Å². The second kappa shape index (κ2) is 3.30. The van der Waals surface area contributed by atoms with Crippen molar-refractivity contribution in [3.8, 4) is 0 Å². The van der Waals surface area contributed by atoms with Gasteiger partial charge in [-0.25, -0.2) is 0 Å². The first-order valence-corrected chi connectivity index (χ1v) is 3.26. The zero-order chi connectivity index (χ0) is 10.0. The molecule has 0 fully saturated rings. The Morgan fingerprint density at radius 1 is 1.31 bits per heavy atom. The van der Waals surface area contributed by atoms with Gasteiger partial charge in [0.25, 0.3) is 11.5 Å². The van der Waals surface area contributed by atoms with Crippen molar-refractivity contribution in [2.75, 3.05) is 0 Å². The van der Waals surface area contributed by atoms with E-state index in [9.17, 15) is 24.6 Å². The van der Waals surface area contributed by atoms with Gasteiger partial charge in [-0.3, -0.25) is 20.2 Å². The summed E-state index contributed by atoms with van der Waals surface area (Å²) in [5.41, 5.74) is -1.68. The van der Waals surface area contributed by atoms with Crippen LogP contribution >= 0.6 is 0 Å². The normalized spacial score (nSPS) is 16.8. The zero-order valence-corrected chi connectivity index (χ0v) is 6.27. The summed E-state index contributed by atoms with van der Waals surface area (Å²) in [4.78, 5) is 18.4. The molecule has 0 unspecified atom stereocenters. The van der Waals surface area contributed by atoms with Crippen LogP contribution in [-0.2, 0) is 0 Å². The van der Waals surface area contributed by atoms with E-state index in [0.29, 0.717) is 0 Å². The van der Waals surface area contributed by atoms with Gasteiger partial charge in [0.15, 0.2) is 0 Å². The lowest BCUT2D eigenvalue weighted by atomic mass is 10.1. The summed E-state index contributed by atoms with van der Waals surface area (Å²) in [7, 11) is 0. The summed E-state index contributed by atoms with van der Waals surface area (Å²) in [5.74, 6) is -1.39. The van der Waals surface area contributed by atoms with Crippen LogP contribution in [0.3, 0.4) is 0 Å². The van der Waals surface area contributed by atoms with Crippen LogP contribution in [0.2, 0.25) is 0 Å². The van der Waals surface area contributed by atoms with Crippen LogP contribution in [0.25, 0.3) is 0 Å². The van der Waals surface area contributed by atoms with Crippen LogP contribution < -0.4 is 0 Å². The lowest BCUT2D eigenvalue weighted by molar-refractivity contribution is -0.439. The van der Waals surface area contributed by atoms with Crippen molar-refractivity contribution in [3.05, 3.63) is 49.9 Å². The summed E-state index contributed by atoms with van der Waals surface area (Å²) >= 11 is 0. The van der Waals surface area contributed by atoms with Crippen LogP contribution in [-0.4, -0.2) is 9.85 Å². The first-order valence-electron chi connectivity index (χ1n) is 3.26. The maximum Gasteiger partial charge on any atom is 0.307 e. The molecule has 13 heavy (non-hydrogen) atoms. The van der Waals surface area contributed by atoms with E-state index in [-0.39, 0.29) is 6.42 Å². The number of halogens is 1. The predicted molar refractivity (Wildman–Crippen MR) is 39.1 cm³/mol. The zero-order valence-electron chi connectivity index (χ0n) is 6.27. The van der Waals surface area contributed by atoms with E-state index in [4.69, 9.17) is 0 Å². The van der Waals surface area contributed by atoms with Gasteiger partial charge >= 0.3 is 5.70 Å². The van der Waals surface area contributed by atoms with Gasteiger partial charge in [0.2, 0.25) is 0 Å². The van der Waals surface area contributed by atoms with Gasteiger partial charge in [-0.2, -0.15) is 4.39 Å². The van der Waals surface area contributed by atoms with Crippen molar-refractivity contribution < 1.29 is 14.2 Å². The van der Waals surface area contributed by atoms with E-state index in [2.05, 4.69) is 0 Å². The smallest absolute Gasteiger partial charge is 0.259 e. The Morgan fingerprint density at radius 2 is 1.92 bits per heavy atom. The molecule has 6 nitrogen and oxygen atoms in total. The van der Waals surface area contributed by atoms with Gasteiger partial charge in [0.1, 0.15) is 0 Å². The molecule has 0 N–H and O–H groups in total. The van der Waals surface area contributed by atoms with E-state index < -0.39 is 27.1 Å². The fourth-order valence-electron chi connectivity index (χ4n) is 0.902. The maximum atomic E-state index is 12.9. The highest BCUT2D eigenvalue weighted by Crippen LogP contribution is 2.25. The second-order valence-electron chi connectivity index (χ2n) is 2.24. The molecule has 1 aliphatic rings. The van der Waals surface area contributed by atoms with Crippen LogP contribution in [0.4, 0.5) is 4.39 Å². The molecular weight excluding hydrogens is 183 g/mol. The lowest BCUT2D eigenvalue weighted by Crippen LogP contribution is -2.11. The molecule has 1 rings (SSSR count). The van der Waals surface area contributed by atoms with E-state index >= 15 is 0 Å². The Morgan fingerprint density at radius 3 is 2.38 bits per heavy atom. The molecule has 0 aliphatic heterocycles. The standard InChI is InChI=1S/C6H4FN2O4/c7-6-4(8(10)11)2-1-3-5(6)9(12)13/h2-3H,1H2. The minimum Gasteiger partial charge on any atom is -0.259 e. The third kappa shape index (κ3) is 1.68. The summed E-state index contributed by atoms with van der Waals surface area (Å²) in [6.45, 7) is 0. The average molecular weight is 187 g/mol. The fourth-order valence-corrected chi connectivity index (χ4v) is 0.902. The second-order valence-corrected chi connectivity index (χ2v) is 2.24. The van der Waals surface area contributed by atoms with Crippen LogP contribution in [0, 0.1) is 26.6 Å². The van der Waals surface area contributed by atoms with Crippen LogP contribution in [0.1, 0.15) is 6.42 Å². The maximum absolute atomic E-state index is 12.9. The SMILES string of the molecule is O=[N+]([O-])C1=CC[CH]C([N+](=O)[O-])=C1F. The number of hydrogen-bond donors (Lipinski definition) is 0. The topological polar surface area (TPSA) is 86.3 Å². The van der Waals surface area contributed by atoms with E-state index in [1.807, 2.05) is 0 Å². The van der Waals surface area contributed by atoms with Crippen molar-refractivity contribution >= 4 is 0 Å². The minimum absolute atomic E-state index is 0.0000463. The van der Waals surface area contributed by atoms with Crippen molar-refractivity contribution in [1.29, 1.82) is 0 Å². The molecule has 7 heteroatoms. The number of allylic oxidation sites excluding steroid dienone is 3. The van der Waals surface area contributed by atoms with Crippen molar-refractivity contribution in [2.24, 2.45) is 0 Å². The molecule has 0 aromatic rings. The van der Waals surface area contributed by atoms with Crippen LogP contribution in [0.15, 0.2) is 23.3 Å². The Kier molecular flexibility index (Phi) is 2.36. The van der Waals surface area contributed by atoms with Gasteiger partial charge in [0, 0.05) is 0 Å². The molecule has 0 saturated carbocycles. The Balaban J connectivity index is 3.10. The third-order valence-electron chi connectivity index (χ3n) is 1.47. The molecule has 69 valence electrons. The van der Waals surface area contributed by atoms with Gasteiger partial charge in [-0.15, -0.1) is 0 Å². The summed E-state index contributed by atoms with van der Waals surface area (Å²) < 4.78 is 12.9. The Hall–Kier alpha value is -1.79. The highest BCUT2D eigenvalue weighted by molar-refractivity contribution is 5.30. The van der Waals surface area contributed by atoms with E-state index in [0.717, 1.165) is 12.5 Å². The monoisotopic (exact) mass is 187 g/mol. The Bertz CT molecular complexity index is 334. The molecular formula is C6H4FN2O4. The largest absolute Gasteiger partial charge is 0.307 e. The van der Waals surface area contributed by atoms with Crippen molar-refractivity contribution in [2.45, 2.75) is 6.42 Å². The predicted octanol–water partition coefficient (Wildman–Crippen LogP) is 1.21. The molecule has 0 bridgehead atoms. The summed E-state index contributed by atoms with van der Waals surface area (Å²) in [6.07, 6.45) is 1.98. The van der Waals surface area contributed by atoms with E-state index in [1.165, 1.54) is 0 Å². The van der Waals surface area contributed by atoms with Gasteiger partial charge in [-0.05, 0) is 12.5 Å². The third-order valence-corrected chi connectivity index (χ3v) is 1.47. The highest BCUT2D eigenvalue weighted by Gasteiger charge is 2.32. The number of nitrogens with zero attached hydrogens (tertiary/aromatic N) is 2. The average Bonchev–Trinajstić information content (AvgIpc) is 2.03.